The van der Waals surface area contributed by atoms with Gasteiger partial charge in [0.1, 0.15) is 0 Å². The average Bonchev–Trinajstić information content (AvgIpc) is 1.58. The molecule has 0 aromatic heterocycles. The van der Waals surface area contributed by atoms with Crippen LogP contribution >= 0.6 is 0 Å². The fourth-order valence-electron chi connectivity index (χ4n) is 0.163. The predicted octanol–water partition coefficient (Wildman–Crippen LogP) is -5.58. The second-order valence-electron chi connectivity index (χ2n) is 0.986. The first kappa shape index (κ1) is 29.9. The third-order valence-electron chi connectivity index (χ3n) is 0.341. The zero-order valence-corrected chi connectivity index (χ0v) is 14.8. The summed E-state index contributed by atoms with van der Waals surface area (Å²) in [5.41, 5.74) is 0. The molecule has 0 unspecified atom stereocenters. The standard InChI is InChI=1S/C3H2O7.2Li.2Sr.6H/c4-1(5)9-3(8)10-2(6)7;;;;;;;;;;/h(H,4,5)(H,6,7);;;;;;;;;;/q;2*+1;2*+2;6*-1. The molecule has 0 aliphatic heterocycles. The van der Waals surface area contributed by atoms with E-state index in [1.807, 2.05) is 0 Å². The van der Waals surface area contributed by atoms with Gasteiger partial charge in [0.05, 0.1) is 0 Å². The predicted molar refractivity (Wildman–Crippen MR) is 41.8 cm³/mol. The SMILES string of the molecule is O=C(O)OC(=O)OC(=O)O.[H-].[H-].[H-].[H-].[H-].[H-].[Li+].[Li+].[Sr+2].[Sr+2]. The van der Waals surface area contributed by atoms with Gasteiger partial charge in [0.15, 0.2) is 0 Å². The van der Waals surface area contributed by atoms with Crippen LogP contribution in [-0.4, -0.2) is 120 Å². The van der Waals surface area contributed by atoms with Gasteiger partial charge >= 0.3 is 147 Å². The molecule has 0 spiro atoms. The first-order valence-corrected chi connectivity index (χ1v) is 1.88. The summed E-state index contributed by atoms with van der Waals surface area (Å²) in [6.07, 6.45) is -5.64. The summed E-state index contributed by atoms with van der Waals surface area (Å²) >= 11 is 0. The summed E-state index contributed by atoms with van der Waals surface area (Å²) in [6.45, 7) is 0. The molecule has 2 N–H and O–H groups in total. The molecule has 0 aliphatic carbocycles. The van der Waals surface area contributed by atoms with Crippen LogP contribution in [0.1, 0.15) is 8.56 Å². The van der Waals surface area contributed by atoms with Crippen LogP contribution in [0.5, 0.6) is 0 Å². The minimum atomic E-state index is -1.92. The first-order valence-electron chi connectivity index (χ1n) is 1.88. The van der Waals surface area contributed by atoms with Crippen molar-refractivity contribution in [2.24, 2.45) is 0 Å². The van der Waals surface area contributed by atoms with Gasteiger partial charge in [-0.25, -0.2) is 14.4 Å². The zero-order chi connectivity index (χ0) is 8.15. The Morgan fingerprint density at radius 1 is 0.857 bits per heavy atom. The van der Waals surface area contributed by atoms with E-state index in [1.54, 1.807) is 0 Å². The summed E-state index contributed by atoms with van der Waals surface area (Å²) in [5, 5.41) is 15.4. The molecule has 0 fully saturated rings. The van der Waals surface area contributed by atoms with Crippen molar-refractivity contribution in [3.8, 4) is 0 Å². The quantitative estimate of drug-likeness (QED) is 0.256. The Balaban J connectivity index is -0.00000000900. The maximum absolute atomic E-state index is 9.86. The second-order valence-corrected chi connectivity index (χ2v) is 0.986. The topological polar surface area (TPSA) is 110 Å². The molecular formula is C3H8Li2O7Sr2. The number of ether oxygens (including phenoxy) is 2. The minimum Gasteiger partial charge on any atom is -1.00 e. The Bertz CT molecular complexity index is 185. The van der Waals surface area contributed by atoms with Crippen molar-refractivity contribution in [3.63, 3.8) is 0 Å². The average molecular weight is 345 g/mol. The van der Waals surface area contributed by atoms with E-state index in [9.17, 15) is 14.4 Å². The van der Waals surface area contributed by atoms with Gasteiger partial charge in [0.2, 0.25) is 0 Å². The van der Waals surface area contributed by atoms with E-state index in [1.165, 1.54) is 0 Å². The van der Waals surface area contributed by atoms with E-state index in [-0.39, 0.29) is 137 Å². The van der Waals surface area contributed by atoms with Gasteiger partial charge < -0.3 is 28.2 Å². The fourth-order valence-corrected chi connectivity index (χ4v) is 0.163. The van der Waals surface area contributed by atoms with E-state index in [0.717, 1.165) is 0 Å². The molecule has 0 rings (SSSR count). The summed E-state index contributed by atoms with van der Waals surface area (Å²) in [4.78, 5) is 28.8. The van der Waals surface area contributed by atoms with Crippen LogP contribution in [0.4, 0.5) is 14.4 Å². The first-order chi connectivity index (χ1) is 4.52. The van der Waals surface area contributed by atoms with Crippen molar-refractivity contribution in [2.45, 2.75) is 0 Å². The summed E-state index contributed by atoms with van der Waals surface area (Å²) < 4.78 is 6.47. The van der Waals surface area contributed by atoms with E-state index in [0.29, 0.717) is 0 Å². The molecule has 7 nitrogen and oxygen atoms in total. The normalized spacial score (nSPS) is 5.71. The summed E-state index contributed by atoms with van der Waals surface area (Å²) in [5.74, 6) is 0. The van der Waals surface area contributed by atoms with Gasteiger partial charge in [-0.2, -0.15) is 0 Å². The van der Waals surface area contributed by atoms with Crippen molar-refractivity contribution in [1.29, 1.82) is 0 Å². The Kier molecular flexibility index (Phi) is 37.9. The van der Waals surface area contributed by atoms with Crippen LogP contribution in [0.15, 0.2) is 0 Å². The maximum Gasteiger partial charge on any atom is 2.00 e. The molecule has 0 atom stereocenters. The molecule has 68 valence electrons. The number of carbonyl (C=O) groups excluding carboxylic acids is 1. The van der Waals surface area contributed by atoms with Crippen LogP contribution in [0.2, 0.25) is 0 Å². The molecule has 0 radical (unpaired) electrons. The Hall–Kier alpha value is 2.37. The molecule has 0 heterocycles. The van der Waals surface area contributed by atoms with Crippen LogP contribution in [0, 0.1) is 0 Å². The molecule has 11 heteroatoms. The number of hydrogen-bond acceptors (Lipinski definition) is 5. The Labute approximate surface area is 186 Å². The van der Waals surface area contributed by atoms with Crippen molar-refractivity contribution in [2.75, 3.05) is 0 Å². The summed E-state index contributed by atoms with van der Waals surface area (Å²) in [6, 6.07) is 0. The van der Waals surface area contributed by atoms with Crippen molar-refractivity contribution >= 4 is 109 Å². The minimum absolute atomic E-state index is 0. The van der Waals surface area contributed by atoms with Crippen LogP contribution in [-0.2, 0) is 9.47 Å². The molecule has 0 aromatic rings. The van der Waals surface area contributed by atoms with Gasteiger partial charge in [-0.3, -0.25) is 0 Å². The molecule has 0 aliphatic rings. The molecular weight excluding hydrogens is 337 g/mol. The van der Waals surface area contributed by atoms with Crippen molar-refractivity contribution in [3.05, 3.63) is 0 Å². The number of hydrogen-bond donors (Lipinski definition) is 2. The Morgan fingerprint density at radius 3 is 1.21 bits per heavy atom. The number of rotatable bonds is 0. The third-order valence-corrected chi connectivity index (χ3v) is 0.341. The molecule has 0 bridgehead atoms. The summed E-state index contributed by atoms with van der Waals surface area (Å²) in [7, 11) is 0. The fraction of sp³-hybridized carbons (Fsp3) is 0. The molecule has 14 heavy (non-hydrogen) atoms. The van der Waals surface area contributed by atoms with Gasteiger partial charge in [-0.1, -0.05) is 0 Å². The molecule has 0 saturated heterocycles. The second kappa shape index (κ2) is 17.8. The van der Waals surface area contributed by atoms with Crippen molar-refractivity contribution < 1.29 is 80.4 Å². The number of carbonyl (C=O) groups is 3. The van der Waals surface area contributed by atoms with Gasteiger partial charge in [-0.05, 0) is 0 Å². The largest absolute Gasteiger partial charge is 2.00 e. The smallest absolute Gasteiger partial charge is 1.00 e. The zero-order valence-electron chi connectivity index (χ0n) is 13.8. The molecule has 0 saturated carbocycles. The van der Waals surface area contributed by atoms with Gasteiger partial charge in [0, 0.05) is 0 Å². The van der Waals surface area contributed by atoms with Crippen LogP contribution in [0.3, 0.4) is 0 Å². The van der Waals surface area contributed by atoms with Crippen LogP contribution in [0.25, 0.3) is 0 Å². The van der Waals surface area contributed by atoms with E-state index < -0.39 is 18.5 Å². The molecule has 0 aromatic carbocycles. The monoisotopic (exact) mass is 346 g/mol. The maximum atomic E-state index is 9.86. The molecule has 0 amide bonds. The Morgan fingerprint density at radius 2 is 1.07 bits per heavy atom. The van der Waals surface area contributed by atoms with E-state index in [4.69, 9.17) is 10.2 Å². The number of carboxylic acid groups (broad SMARTS) is 2. The van der Waals surface area contributed by atoms with Gasteiger partial charge in [-0.15, -0.1) is 0 Å². The van der Waals surface area contributed by atoms with Gasteiger partial charge in [0.25, 0.3) is 0 Å². The van der Waals surface area contributed by atoms with Crippen LogP contribution < -0.4 is 37.7 Å². The van der Waals surface area contributed by atoms with E-state index >= 15 is 0 Å². The van der Waals surface area contributed by atoms with Crippen molar-refractivity contribution in [1.82, 2.24) is 0 Å². The van der Waals surface area contributed by atoms with E-state index in [2.05, 4.69) is 9.47 Å². The third kappa shape index (κ3) is 23.9.